The SMILES string of the molecule is CC(C)c1ccc(-n2nc(C(F)(F)F)cc2-c2ccc(CS(=O)[O-])cc2)cc1. The predicted molar refractivity (Wildman–Crippen MR) is 101 cm³/mol. The van der Waals surface area contributed by atoms with E-state index in [9.17, 15) is 21.9 Å². The zero-order chi connectivity index (χ0) is 20.5. The van der Waals surface area contributed by atoms with E-state index in [-0.39, 0.29) is 11.4 Å². The highest BCUT2D eigenvalue weighted by atomic mass is 32.2. The molecule has 4 nitrogen and oxygen atoms in total. The third kappa shape index (κ3) is 4.51. The molecular weight excluding hydrogens is 389 g/mol. The minimum absolute atomic E-state index is 0.149. The van der Waals surface area contributed by atoms with Crippen LogP contribution in [0.5, 0.6) is 0 Å². The van der Waals surface area contributed by atoms with Gasteiger partial charge in [-0.3, -0.25) is 4.21 Å². The fourth-order valence-corrected chi connectivity index (χ4v) is 3.29. The second-order valence-electron chi connectivity index (χ2n) is 6.72. The first-order valence-corrected chi connectivity index (χ1v) is 9.82. The first-order valence-electron chi connectivity index (χ1n) is 8.58. The van der Waals surface area contributed by atoms with Gasteiger partial charge in [-0.15, -0.1) is 0 Å². The molecule has 0 bridgehead atoms. The van der Waals surface area contributed by atoms with Crippen molar-refractivity contribution in [2.75, 3.05) is 0 Å². The molecule has 0 fully saturated rings. The van der Waals surface area contributed by atoms with E-state index in [1.165, 1.54) is 4.68 Å². The summed E-state index contributed by atoms with van der Waals surface area (Å²) in [5, 5.41) is 3.77. The number of hydrogen-bond acceptors (Lipinski definition) is 3. The normalized spacial score (nSPS) is 13.1. The second-order valence-corrected chi connectivity index (χ2v) is 7.61. The quantitative estimate of drug-likeness (QED) is 0.556. The molecule has 1 aromatic heterocycles. The van der Waals surface area contributed by atoms with E-state index in [4.69, 9.17) is 0 Å². The topological polar surface area (TPSA) is 58.0 Å². The molecule has 0 N–H and O–H groups in total. The highest BCUT2D eigenvalue weighted by Crippen LogP contribution is 2.33. The maximum Gasteiger partial charge on any atom is 0.435 e. The Labute approximate surface area is 163 Å². The Hall–Kier alpha value is -2.45. The van der Waals surface area contributed by atoms with Gasteiger partial charge in [0.25, 0.3) is 0 Å². The summed E-state index contributed by atoms with van der Waals surface area (Å²) < 4.78 is 62.6. The molecule has 3 rings (SSSR count). The van der Waals surface area contributed by atoms with Crippen LogP contribution in [0, 0.1) is 0 Å². The lowest BCUT2D eigenvalue weighted by Crippen LogP contribution is -2.07. The Bertz CT molecular complexity index is 978. The first kappa shape index (κ1) is 20.3. The van der Waals surface area contributed by atoms with E-state index in [1.807, 2.05) is 26.0 Å². The molecule has 0 aliphatic heterocycles. The van der Waals surface area contributed by atoms with Crippen molar-refractivity contribution in [2.24, 2.45) is 0 Å². The molecule has 1 heterocycles. The predicted octanol–water partition coefficient (Wildman–Crippen LogP) is 5.06. The van der Waals surface area contributed by atoms with Crippen molar-refractivity contribution in [3.63, 3.8) is 0 Å². The molecule has 28 heavy (non-hydrogen) atoms. The standard InChI is InChI=1S/C20H19F3N2O2S/c1-13(2)15-7-9-17(10-8-15)25-18(11-19(24-25)20(21,22)23)16-5-3-14(4-6-16)12-28(26)27/h3-11,13H,12H2,1-2H3,(H,26,27)/p-1. The molecule has 0 radical (unpaired) electrons. The first-order chi connectivity index (χ1) is 13.1. The Kier molecular flexibility index (Phi) is 5.71. The molecule has 0 aliphatic rings. The third-order valence-corrected chi connectivity index (χ3v) is 4.91. The van der Waals surface area contributed by atoms with Crippen molar-refractivity contribution >= 4 is 11.1 Å². The number of rotatable bonds is 5. The largest absolute Gasteiger partial charge is 0.772 e. The maximum absolute atomic E-state index is 13.2. The van der Waals surface area contributed by atoms with Crippen LogP contribution in [0.3, 0.4) is 0 Å². The van der Waals surface area contributed by atoms with Gasteiger partial charge in [0, 0.05) is 11.3 Å². The lowest BCUT2D eigenvalue weighted by molar-refractivity contribution is -0.141. The zero-order valence-corrected chi connectivity index (χ0v) is 16.1. The molecule has 0 saturated carbocycles. The summed E-state index contributed by atoms with van der Waals surface area (Å²) in [6, 6.07) is 14.6. The Balaban J connectivity index is 2.06. The van der Waals surface area contributed by atoms with Gasteiger partial charge in [0.15, 0.2) is 5.69 Å². The molecule has 1 unspecified atom stereocenters. The highest BCUT2D eigenvalue weighted by Gasteiger charge is 2.35. The van der Waals surface area contributed by atoms with Gasteiger partial charge in [-0.05, 0) is 35.2 Å². The van der Waals surface area contributed by atoms with Crippen molar-refractivity contribution < 1.29 is 21.9 Å². The van der Waals surface area contributed by atoms with Crippen molar-refractivity contribution in [3.8, 4) is 16.9 Å². The van der Waals surface area contributed by atoms with Crippen LogP contribution in [0.15, 0.2) is 54.6 Å². The van der Waals surface area contributed by atoms with Gasteiger partial charge in [-0.1, -0.05) is 61.3 Å². The number of benzene rings is 2. The summed E-state index contributed by atoms with van der Waals surface area (Å²) in [6.07, 6.45) is -4.57. The monoisotopic (exact) mass is 407 g/mol. The van der Waals surface area contributed by atoms with Gasteiger partial charge in [0.05, 0.1) is 11.4 Å². The zero-order valence-electron chi connectivity index (χ0n) is 15.2. The molecule has 0 spiro atoms. The molecule has 3 aromatic rings. The molecule has 0 saturated heterocycles. The summed E-state index contributed by atoms with van der Waals surface area (Å²) in [5.41, 5.74) is 1.94. The molecule has 148 valence electrons. The molecule has 1 atom stereocenters. The molecule has 2 aromatic carbocycles. The number of hydrogen-bond donors (Lipinski definition) is 0. The van der Waals surface area contributed by atoms with Crippen LogP contribution in [-0.2, 0) is 23.0 Å². The lowest BCUT2D eigenvalue weighted by atomic mass is 10.0. The average molecular weight is 407 g/mol. The Morgan fingerprint density at radius 1 is 1.07 bits per heavy atom. The van der Waals surface area contributed by atoms with Crippen LogP contribution in [-0.4, -0.2) is 18.5 Å². The van der Waals surface area contributed by atoms with Gasteiger partial charge in [-0.2, -0.15) is 18.3 Å². The number of halogens is 3. The average Bonchev–Trinajstić information content (AvgIpc) is 3.07. The second kappa shape index (κ2) is 7.89. The van der Waals surface area contributed by atoms with Gasteiger partial charge in [-0.25, -0.2) is 4.68 Å². The van der Waals surface area contributed by atoms with E-state index in [1.54, 1.807) is 36.4 Å². The maximum atomic E-state index is 13.2. The van der Waals surface area contributed by atoms with Gasteiger partial charge >= 0.3 is 6.18 Å². The fourth-order valence-electron chi connectivity index (χ4n) is 2.83. The van der Waals surface area contributed by atoms with Gasteiger partial charge in [0.1, 0.15) is 0 Å². The summed E-state index contributed by atoms with van der Waals surface area (Å²) in [4.78, 5) is 0. The highest BCUT2D eigenvalue weighted by molar-refractivity contribution is 7.78. The van der Waals surface area contributed by atoms with E-state index in [0.717, 1.165) is 11.6 Å². The van der Waals surface area contributed by atoms with Crippen LogP contribution in [0.25, 0.3) is 16.9 Å². The summed E-state index contributed by atoms with van der Waals surface area (Å²) in [5.74, 6) is 0.153. The number of aromatic nitrogens is 2. The van der Waals surface area contributed by atoms with E-state index < -0.39 is 23.0 Å². The van der Waals surface area contributed by atoms with Crippen LogP contribution in [0.2, 0.25) is 0 Å². The Morgan fingerprint density at radius 2 is 1.68 bits per heavy atom. The number of nitrogens with zero attached hydrogens (tertiary/aromatic N) is 2. The fraction of sp³-hybridized carbons (Fsp3) is 0.250. The van der Waals surface area contributed by atoms with Crippen molar-refractivity contribution in [1.29, 1.82) is 0 Å². The molecule has 8 heteroatoms. The minimum atomic E-state index is -4.57. The number of alkyl halides is 3. The van der Waals surface area contributed by atoms with Crippen LogP contribution < -0.4 is 0 Å². The van der Waals surface area contributed by atoms with Gasteiger partial charge < -0.3 is 4.55 Å². The van der Waals surface area contributed by atoms with Crippen molar-refractivity contribution in [3.05, 3.63) is 71.4 Å². The Morgan fingerprint density at radius 3 is 2.18 bits per heavy atom. The summed E-state index contributed by atoms with van der Waals surface area (Å²) >= 11 is -2.23. The van der Waals surface area contributed by atoms with E-state index in [2.05, 4.69) is 5.10 Å². The van der Waals surface area contributed by atoms with Crippen LogP contribution in [0.4, 0.5) is 13.2 Å². The van der Waals surface area contributed by atoms with Crippen LogP contribution in [0.1, 0.15) is 36.6 Å². The lowest BCUT2D eigenvalue weighted by Gasteiger charge is -2.11. The third-order valence-electron chi connectivity index (χ3n) is 4.34. The molecule has 0 aliphatic carbocycles. The van der Waals surface area contributed by atoms with Crippen LogP contribution >= 0.6 is 0 Å². The summed E-state index contributed by atoms with van der Waals surface area (Å²) in [6.45, 7) is 4.07. The molecular formula is C20H18F3N2O2S-. The van der Waals surface area contributed by atoms with Gasteiger partial charge in [0.2, 0.25) is 0 Å². The van der Waals surface area contributed by atoms with E-state index >= 15 is 0 Å². The van der Waals surface area contributed by atoms with Crippen molar-refractivity contribution in [1.82, 2.24) is 9.78 Å². The minimum Gasteiger partial charge on any atom is -0.772 e. The summed E-state index contributed by atoms with van der Waals surface area (Å²) in [7, 11) is 0. The smallest absolute Gasteiger partial charge is 0.435 e. The van der Waals surface area contributed by atoms with E-state index in [0.29, 0.717) is 22.7 Å². The van der Waals surface area contributed by atoms with Crippen molar-refractivity contribution in [2.45, 2.75) is 31.7 Å². The molecule has 0 amide bonds.